The molecule has 1 amide bonds. The van der Waals surface area contributed by atoms with Gasteiger partial charge in [0.2, 0.25) is 11.8 Å². The van der Waals surface area contributed by atoms with Gasteiger partial charge in [0.15, 0.2) is 5.96 Å². The summed E-state index contributed by atoms with van der Waals surface area (Å²) in [6.45, 7) is 9.95. The molecule has 1 aromatic heterocycles. The molecule has 1 aliphatic rings. The molecular weight excluding hydrogens is 445 g/mol. The Bertz CT molecular complexity index is 648. The van der Waals surface area contributed by atoms with Crippen molar-refractivity contribution in [1.82, 2.24) is 20.1 Å². The molecule has 0 bridgehead atoms. The van der Waals surface area contributed by atoms with Crippen molar-refractivity contribution in [2.75, 3.05) is 27.2 Å². The van der Waals surface area contributed by atoms with Gasteiger partial charge in [-0.05, 0) is 39.3 Å². The van der Waals surface area contributed by atoms with Crippen molar-refractivity contribution in [2.24, 2.45) is 4.99 Å². The van der Waals surface area contributed by atoms with Crippen LogP contribution in [-0.4, -0.2) is 65.5 Å². The topological polar surface area (TPSA) is 70.1 Å². The molecular formula is C18H30IN5O2. The first kappa shape index (κ1) is 22.5. The third-order valence-corrected chi connectivity index (χ3v) is 4.31. The summed E-state index contributed by atoms with van der Waals surface area (Å²) in [6.07, 6.45) is 1.71. The van der Waals surface area contributed by atoms with Gasteiger partial charge in [-0.1, -0.05) is 0 Å². The van der Waals surface area contributed by atoms with Crippen LogP contribution >= 0.6 is 24.0 Å². The number of hydrogen-bond donors (Lipinski definition) is 1. The molecule has 0 radical (unpaired) electrons. The lowest BCUT2D eigenvalue weighted by molar-refractivity contribution is -0.145. The summed E-state index contributed by atoms with van der Waals surface area (Å²) in [4.78, 5) is 25.1. The number of methoxy groups -OCH3 is 1. The number of rotatable bonds is 4. The molecule has 0 spiro atoms. The van der Waals surface area contributed by atoms with Crippen molar-refractivity contribution in [3.8, 4) is 5.88 Å². The van der Waals surface area contributed by atoms with Gasteiger partial charge in [0, 0.05) is 38.4 Å². The van der Waals surface area contributed by atoms with Gasteiger partial charge in [-0.25, -0.2) is 4.98 Å². The lowest BCUT2D eigenvalue weighted by Crippen LogP contribution is -2.66. The number of hydrogen-bond acceptors (Lipinski definition) is 4. The molecule has 0 atom stereocenters. The van der Waals surface area contributed by atoms with Gasteiger partial charge < -0.3 is 19.9 Å². The lowest BCUT2D eigenvalue weighted by atomic mass is 9.96. The van der Waals surface area contributed by atoms with E-state index in [1.165, 1.54) is 0 Å². The van der Waals surface area contributed by atoms with Gasteiger partial charge in [-0.15, -0.1) is 24.0 Å². The first-order valence-electron chi connectivity index (χ1n) is 8.55. The molecule has 0 aromatic carbocycles. The average molecular weight is 475 g/mol. The third-order valence-electron chi connectivity index (χ3n) is 4.31. The maximum absolute atomic E-state index is 12.6. The van der Waals surface area contributed by atoms with Crippen molar-refractivity contribution in [3.63, 3.8) is 0 Å². The second-order valence-corrected chi connectivity index (χ2v) is 7.13. The van der Waals surface area contributed by atoms with Crippen LogP contribution in [-0.2, 0) is 11.3 Å². The minimum absolute atomic E-state index is 0. The smallest absolute Gasteiger partial charge is 0.242 e. The SMILES string of the molecule is CN=C(NCc1ccnc(OC)c1)N1CC(=O)N(C(C)C)C(C)(C)C1.I. The highest BCUT2D eigenvalue weighted by Gasteiger charge is 2.40. The fraction of sp³-hybridized carbons (Fsp3) is 0.611. The second-order valence-electron chi connectivity index (χ2n) is 7.13. The van der Waals surface area contributed by atoms with Gasteiger partial charge in [0.05, 0.1) is 19.2 Å². The number of amides is 1. The number of halogens is 1. The van der Waals surface area contributed by atoms with Crippen LogP contribution in [0.2, 0.25) is 0 Å². The minimum atomic E-state index is -0.249. The summed E-state index contributed by atoms with van der Waals surface area (Å²) >= 11 is 0. The van der Waals surface area contributed by atoms with Crippen LogP contribution in [0.4, 0.5) is 0 Å². The second kappa shape index (κ2) is 9.38. The number of aromatic nitrogens is 1. The zero-order valence-electron chi connectivity index (χ0n) is 16.4. The van der Waals surface area contributed by atoms with Gasteiger partial charge >= 0.3 is 0 Å². The largest absolute Gasteiger partial charge is 0.481 e. The third kappa shape index (κ3) is 5.21. The van der Waals surface area contributed by atoms with Crippen LogP contribution in [0.25, 0.3) is 0 Å². The molecule has 2 rings (SSSR count). The number of ether oxygens (including phenoxy) is 1. The predicted molar refractivity (Wildman–Crippen MR) is 114 cm³/mol. The van der Waals surface area contributed by atoms with E-state index in [0.29, 0.717) is 19.0 Å². The van der Waals surface area contributed by atoms with Crippen molar-refractivity contribution in [2.45, 2.75) is 45.8 Å². The predicted octanol–water partition coefficient (Wildman–Crippen LogP) is 2.11. The molecule has 0 unspecified atom stereocenters. The summed E-state index contributed by atoms with van der Waals surface area (Å²) in [5, 5.41) is 3.33. The molecule has 1 saturated heterocycles. The fourth-order valence-corrected chi connectivity index (χ4v) is 3.50. The molecule has 2 heterocycles. The first-order chi connectivity index (χ1) is 11.8. The Balaban J connectivity index is 0.00000338. The zero-order valence-corrected chi connectivity index (χ0v) is 18.8. The van der Waals surface area contributed by atoms with E-state index in [0.717, 1.165) is 18.1 Å². The number of nitrogens with zero attached hydrogens (tertiary/aromatic N) is 4. The molecule has 1 fully saturated rings. The number of carbonyl (C=O) groups excluding carboxylic acids is 1. The van der Waals surface area contributed by atoms with Crippen LogP contribution < -0.4 is 10.1 Å². The lowest BCUT2D eigenvalue weighted by Gasteiger charge is -2.49. The molecule has 0 saturated carbocycles. The van der Waals surface area contributed by atoms with Crippen LogP contribution in [0.5, 0.6) is 5.88 Å². The molecule has 1 aromatic rings. The first-order valence-corrected chi connectivity index (χ1v) is 8.55. The van der Waals surface area contributed by atoms with Gasteiger partial charge in [0.25, 0.3) is 0 Å². The Labute approximate surface area is 173 Å². The van der Waals surface area contributed by atoms with Crippen LogP contribution in [0.3, 0.4) is 0 Å². The van der Waals surface area contributed by atoms with E-state index in [2.05, 4.69) is 43.0 Å². The summed E-state index contributed by atoms with van der Waals surface area (Å²) < 4.78 is 5.15. The van der Waals surface area contributed by atoms with E-state index in [1.54, 1.807) is 20.4 Å². The van der Waals surface area contributed by atoms with Crippen molar-refractivity contribution < 1.29 is 9.53 Å². The quantitative estimate of drug-likeness (QED) is 0.411. The van der Waals surface area contributed by atoms with E-state index in [-0.39, 0.29) is 41.5 Å². The number of aliphatic imine (C=N–C) groups is 1. The van der Waals surface area contributed by atoms with Crippen molar-refractivity contribution in [3.05, 3.63) is 23.9 Å². The van der Waals surface area contributed by atoms with Crippen molar-refractivity contribution >= 4 is 35.8 Å². The monoisotopic (exact) mass is 475 g/mol. The Morgan fingerprint density at radius 1 is 1.46 bits per heavy atom. The van der Waals surface area contributed by atoms with Gasteiger partial charge in [-0.2, -0.15) is 0 Å². The average Bonchev–Trinajstić information content (AvgIpc) is 2.53. The molecule has 8 heteroatoms. The number of nitrogens with one attached hydrogen (secondary N) is 1. The summed E-state index contributed by atoms with van der Waals surface area (Å²) in [6, 6.07) is 3.99. The Kier molecular flexibility index (Phi) is 8.11. The maximum Gasteiger partial charge on any atom is 0.242 e. The molecule has 1 aliphatic heterocycles. The number of piperazine rings is 1. The highest BCUT2D eigenvalue weighted by molar-refractivity contribution is 14.0. The highest BCUT2D eigenvalue weighted by atomic mass is 127. The standard InChI is InChI=1S/C18H29N5O2.HI/c1-13(2)23-16(24)11-22(12-18(23,3)4)17(19-5)21-10-14-7-8-20-15(9-14)25-6;/h7-9,13H,10-12H2,1-6H3,(H,19,21);1H. The Hall–Kier alpha value is -1.58. The summed E-state index contributed by atoms with van der Waals surface area (Å²) in [5.74, 6) is 1.43. The van der Waals surface area contributed by atoms with E-state index in [4.69, 9.17) is 4.74 Å². The molecule has 26 heavy (non-hydrogen) atoms. The minimum Gasteiger partial charge on any atom is -0.481 e. The molecule has 1 N–H and O–H groups in total. The zero-order chi connectivity index (χ0) is 18.6. The van der Waals surface area contributed by atoms with E-state index < -0.39 is 0 Å². The highest BCUT2D eigenvalue weighted by Crippen LogP contribution is 2.24. The van der Waals surface area contributed by atoms with E-state index >= 15 is 0 Å². The molecule has 7 nitrogen and oxygen atoms in total. The van der Waals surface area contributed by atoms with E-state index in [1.807, 2.05) is 21.9 Å². The normalized spacial score (nSPS) is 17.2. The molecule has 0 aliphatic carbocycles. The Morgan fingerprint density at radius 2 is 2.15 bits per heavy atom. The molecule has 146 valence electrons. The summed E-state index contributed by atoms with van der Waals surface area (Å²) in [5.41, 5.74) is 0.792. The summed E-state index contributed by atoms with van der Waals surface area (Å²) in [7, 11) is 3.34. The van der Waals surface area contributed by atoms with Crippen LogP contribution in [0, 0.1) is 0 Å². The van der Waals surface area contributed by atoms with E-state index in [9.17, 15) is 4.79 Å². The number of pyridine rings is 1. The van der Waals surface area contributed by atoms with Crippen LogP contribution in [0.1, 0.15) is 33.3 Å². The van der Waals surface area contributed by atoms with Crippen LogP contribution in [0.15, 0.2) is 23.3 Å². The Morgan fingerprint density at radius 3 is 2.69 bits per heavy atom. The number of guanidine groups is 1. The van der Waals surface area contributed by atoms with Gasteiger partial charge in [0.1, 0.15) is 0 Å². The fourth-order valence-electron chi connectivity index (χ4n) is 3.50. The van der Waals surface area contributed by atoms with Crippen molar-refractivity contribution in [1.29, 1.82) is 0 Å². The number of carbonyl (C=O) groups is 1. The van der Waals surface area contributed by atoms with Gasteiger partial charge in [-0.3, -0.25) is 9.79 Å². The maximum atomic E-state index is 12.6.